The molecule has 0 radical (unpaired) electrons. The Morgan fingerprint density at radius 2 is 1.87 bits per heavy atom. The highest BCUT2D eigenvalue weighted by Gasteiger charge is 2.42. The van der Waals surface area contributed by atoms with Crippen LogP contribution in [0.1, 0.15) is 29.2 Å². The number of anilines is 1. The molecule has 2 aromatic heterocycles. The fraction of sp³-hybridized carbons (Fsp3) is 0.591. The normalized spacial score (nSPS) is 29.8. The lowest BCUT2D eigenvalue weighted by Gasteiger charge is -2.35. The van der Waals surface area contributed by atoms with Crippen LogP contribution in [0.2, 0.25) is 0 Å². The number of aliphatic hydroxyl groups is 1. The molecule has 4 atom stereocenters. The molecule has 1 N–H and O–H groups in total. The van der Waals surface area contributed by atoms with Crippen molar-refractivity contribution in [3.05, 3.63) is 42.6 Å². The molecular formula is C22H30N6O2. The summed E-state index contributed by atoms with van der Waals surface area (Å²) in [6.07, 6.45) is 8.66. The Morgan fingerprint density at radius 3 is 2.60 bits per heavy atom. The summed E-state index contributed by atoms with van der Waals surface area (Å²) in [4.78, 5) is 28.2. The van der Waals surface area contributed by atoms with Gasteiger partial charge in [0, 0.05) is 63.4 Å². The molecule has 4 heterocycles. The zero-order valence-electron chi connectivity index (χ0n) is 17.5. The predicted molar refractivity (Wildman–Crippen MR) is 113 cm³/mol. The molecule has 3 fully saturated rings. The largest absolute Gasteiger partial charge is 0.391 e. The maximum atomic E-state index is 13.0. The van der Waals surface area contributed by atoms with Crippen LogP contribution in [0.25, 0.3) is 0 Å². The molecule has 8 heteroatoms. The van der Waals surface area contributed by atoms with Crippen molar-refractivity contribution in [2.45, 2.75) is 25.0 Å². The molecular weight excluding hydrogens is 380 g/mol. The molecule has 0 unspecified atom stereocenters. The van der Waals surface area contributed by atoms with Gasteiger partial charge in [-0.05, 0) is 43.9 Å². The van der Waals surface area contributed by atoms with Crippen molar-refractivity contribution in [3.63, 3.8) is 0 Å². The van der Waals surface area contributed by atoms with Gasteiger partial charge in [-0.1, -0.05) is 0 Å². The van der Waals surface area contributed by atoms with Crippen LogP contribution < -0.4 is 4.90 Å². The van der Waals surface area contributed by atoms with Gasteiger partial charge >= 0.3 is 0 Å². The highest BCUT2D eigenvalue weighted by molar-refractivity contribution is 5.95. The summed E-state index contributed by atoms with van der Waals surface area (Å²) in [5.41, 5.74) is 0.718. The minimum absolute atomic E-state index is 0.0896. The molecule has 3 aliphatic rings. The van der Waals surface area contributed by atoms with E-state index in [1.54, 1.807) is 18.7 Å². The molecule has 0 aromatic carbocycles. The number of likely N-dealkylation sites (N-methyl/N-ethyl adjacent to an activating group) is 1. The van der Waals surface area contributed by atoms with Crippen molar-refractivity contribution in [2.75, 3.05) is 51.2 Å². The summed E-state index contributed by atoms with van der Waals surface area (Å²) in [6, 6.07) is 3.86. The molecule has 2 aromatic rings. The Kier molecular flexibility index (Phi) is 5.20. The number of carbonyl (C=O) groups excluding carboxylic acids is 1. The lowest BCUT2D eigenvalue weighted by atomic mass is 9.77. The van der Waals surface area contributed by atoms with Crippen molar-refractivity contribution in [1.29, 1.82) is 0 Å². The minimum Gasteiger partial charge on any atom is -0.391 e. The highest BCUT2D eigenvalue weighted by Crippen LogP contribution is 2.42. The Bertz CT molecular complexity index is 880. The first kappa shape index (κ1) is 19.5. The average molecular weight is 411 g/mol. The van der Waals surface area contributed by atoms with Gasteiger partial charge in [0.25, 0.3) is 5.91 Å². The van der Waals surface area contributed by atoms with Crippen molar-refractivity contribution < 1.29 is 9.90 Å². The summed E-state index contributed by atoms with van der Waals surface area (Å²) >= 11 is 0. The van der Waals surface area contributed by atoms with E-state index in [4.69, 9.17) is 0 Å². The van der Waals surface area contributed by atoms with Gasteiger partial charge in [-0.25, -0.2) is 9.97 Å². The van der Waals surface area contributed by atoms with Crippen molar-refractivity contribution >= 4 is 11.7 Å². The number of hydrogen-bond donors (Lipinski definition) is 1. The molecule has 2 saturated heterocycles. The average Bonchev–Trinajstić information content (AvgIpc) is 3.43. The SMILES string of the molecule is CN1CCN(C(=O)c2ccnc(N3C[C@H]4C[C@@H](n5ccnc5)[C@H](O)C[C@H]4C3)c2)CC1. The Balaban J connectivity index is 1.28. The first-order valence-corrected chi connectivity index (χ1v) is 10.9. The zero-order valence-corrected chi connectivity index (χ0v) is 17.5. The molecule has 1 saturated carbocycles. The van der Waals surface area contributed by atoms with E-state index in [1.165, 1.54) is 0 Å². The number of aromatic nitrogens is 3. The Hall–Kier alpha value is -2.45. The monoisotopic (exact) mass is 410 g/mol. The molecule has 0 bridgehead atoms. The number of aliphatic hydroxyl groups excluding tert-OH is 1. The summed E-state index contributed by atoms with van der Waals surface area (Å²) in [5, 5.41) is 10.7. The first-order valence-electron chi connectivity index (χ1n) is 10.9. The van der Waals surface area contributed by atoms with Crippen LogP contribution in [0.5, 0.6) is 0 Å². The number of nitrogens with zero attached hydrogens (tertiary/aromatic N) is 6. The molecule has 30 heavy (non-hydrogen) atoms. The fourth-order valence-corrected chi connectivity index (χ4v) is 5.30. The zero-order chi connectivity index (χ0) is 20.7. The number of fused-ring (bicyclic) bond motifs is 1. The van der Waals surface area contributed by atoms with Gasteiger partial charge in [0.15, 0.2) is 0 Å². The number of hydrogen-bond acceptors (Lipinski definition) is 6. The number of rotatable bonds is 3. The Morgan fingerprint density at radius 1 is 1.10 bits per heavy atom. The summed E-state index contributed by atoms with van der Waals surface area (Å²) in [5.74, 6) is 1.94. The second-order valence-corrected chi connectivity index (χ2v) is 9.04. The lowest BCUT2D eigenvalue weighted by molar-refractivity contribution is 0.0358. The Labute approximate surface area is 177 Å². The van der Waals surface area contributed by atoms with E-state index < -0.39 is 0 Å². The topological polar surface area (TPSA) is 77.7 Å². The van der Waals surface area contributed by atoms with Crippen LogP contribution in [0.4, 0.5) is 5.82 Å². The van der Waals surface area contributed by atoms with Crippen molar-refractivity contribution in [2.24, 2.45) is 11.8 Å². The minimum atomic E-state index is -0.349. The van der Waals surface area contributed by atoms with Crippen LogP contribution in [0.3, 0.4) is 0 Å². The third-order valence-corrected chi connectivity index (χ3v) is 7.12. The quantitative estimate of drug-likeness (QED) is 0.817. The van der Waals surface area contributed by atoms with Gasteiger partial charge in [0.1, 0.15) is 5.82 Å². The van der Waals surface area contributed by atoms with E-state index in [-0.39, 0.29) is 18.1 Å². The van der Waals surface area contributed by atoms with Gasteiger partial charge < -0.3 is 24.4 Å². The van der Waals surface area contributed by atoms with Crippen LogP contribution in [-0.2, 0) is 0 Å². The molecule has 1 aliphatic carbocycles. The number of carbonyl (C=O) groups is 1. The van der Waals surface area contributed by atoms with Crippen LogP contribution in [-0.4, -0.2) is 87.8 Å². The number of pyridine rings is 1. The number of amides is 1. The smallest absolute Gasteiger partial charge is 0.254 e. The molecule has 160 valence electrons. The lowest BCUT2D eigenvalue weighted by Crippen LogP contribution is -2.47. The molecule has 1 amide bonds. The maximum absolute atomic E-state index is 13.0. The van der Waals surface area contributed by atoms with Gasteiger partial charge in [-0.2, -0.15) is 0 Å². The summed E-state index contributed by atoms with van der Waals surface area (Å²) < 4.78 is 2.04. The summed E-state index contributed by atoms with van der Waals surface area (Å²) in [7, 11) is 2.09. The maximum Gasteiger partial charge on any atom is 0.254 e. The van der Waals surface area contributed by atoms with E-state index >= 15 is 0 Å². The highest BCUT2D eigenvalue weighted by atomic mass is 16.3. The second-order valence-electron chi connectivity index (χ2n) is 9.04. The van der Waals surface area contributed by atoms with E-state index in [9.17, 15) is 9.90 Å². The van der Waals surface area contributed by atoms with E-state index in [0.29, 0.717) is 11.8 Å². The molecule has 5 rings (SSSR count). The second kappa shape index (κ2) is 8.00. The number of imidazole rings is 1. The van der Waals surface area contributed by atoms with Crippen LogP contribution >= 0.6 is 0 Å². The van der Waals surface area contributed by atoms with E-state index in [2.05, 4.69) is 26.8 Å². The van der Waals surface area contributed by atoms with Gasteiger partial charge in [0.2, 0.25) is 0 Å². The van der Waals surface area contributed by atoms with Gasteiger partial charge in [0.05, 0.1) is 18.5 Å². The van der Waals surface area contributed by atoms with Crippen molar-refractivity contribution in [3.8, 4) is 0 Å². The third kappa shape index (κ3) is 3.70. The third-order valence-electron chi connectivity index (χ3n) is 7.12. The van der Waals surface area contributed by atoms with E-state index in [1.807, 2.05) is 27.8 Å². The van der Waals surface area contributed by atoms with Crippen molar-refractivity contribution in [1.82, 2.24) is 24.3 Å². The predicted octanol–water partition coefficient (Wildman–Crippen LogP) is 1.11. The molecule has 0 spiro atoms. The summed E-state index contributed by atoms with van der Waals surface area (Å²) in [6.45, 7) is 5.18. The van der Waals surface area contributed by atoms with Gasteiger partial charge in [-0.3, -0.25) is 4.79 Å². The number of piperazine rings is 1. The van der Waals surface area contributed by atoms with Crippen LogP contribution in [0, 0.1) is 11.8 Å². The van der Waals surface area contributed by atoms with Gasteiger partial charge in [-0.15, -0.1) is 0 Å². The standard InChI is InChI=1S/C22H30N6O2/c1-25-6-8-26(9-7-25)22(30)16-2-3-24-21(12-16)28-13-17-10-19(27-5-4-23-15-27)20(29)11-18(17)14-28/h2-5,12,15,17-20,29H,6-11,13-14H2,1H3/t17-,18+,19-,20-/m1/s1. The molecule has 8 nitrogen and oxygen atoms in total. The molecule has 2 aliphatic heterocycles. The fourth-order valence-electron chi connectivity index (χ4n) is 5.30. The van der Waals surface area contributed by atoms with Crippen LogP contribution in [0.15, 0.2) is 37.1 Å². The van der Waals surface area contributed by atoms with E-state index in [0.717, 1.165) is 63.5 Å². The first-order chi connectivity index (χ1) is 14.6.